The molecule has 84 valence electrons. The number of carboxylic acids is 1. The van der Waals surface area contributed by atoms with Gasteiger partial charge in [0.2, 0.25) is 0 Å². The van der Waals surface area contributed by atoms with Crippen molar-refractivity contribution in [1.29, 1.82) is 5.26 Å². The number of nitrogens with zero attached hydrogens (tertiary/aromatic N) is 3. The molecule has 0 radical (unpaired) electrons. The largest absolute Gasteiger partial charge is 0.478 e. The molecular weight excluding hydrogens is 225 g/mol. The molecule has 2 aromatic rings. The predicted molar refractivity (Wildman–Crippen MR) is 55.2 cm³/mol. The number of nitriles is 1. The molecule has 0 unspecified atom stereocenters. The number of halogens is 1. The van der Waals surface area contributed by atoms with Crippen LogP contribution in [0.4, 0.5) is 4.39 Å². The molecule has 1 aromatic carbocycles. The van der Waals surface area contributed by atoms with Crippen molar-refractivity contribution in [3.05, 3.63) is 47.5 Å². The van der Waals surface area contributed by atoms with Crippen molar-refractivity contribution in [3.8, 4) is 11.8 Å². The van der Waals surface area contributed by atoms with E-state index in [9.17, 15) is 9.18 Å². The molecule has 2 rings (SSSR count). The zero-order valence-corrected chi connectivity index (χ0v) is 8.46. The molecule has 1 N–H and O–H groups in total. The highest BCUT2D eigenvalue weighted by Crippen LogP contribution is 2.13. The number of rotatable bonds is 2. The van der Waals surface area contributed by atoms with Gasteiger partial charge in [-0.25, -0.2) is 13.9 Å². The van der Waals surface area contributed by atoms with Crippen molar-refractivity contribution >= 4 is 5.97 Å². The van der Waals surface area contributed by atoms with E-state index in [0.29, 0.717) is 5.69 Å². The Hall–Kier alpha value is -2.68. The number of aromatic carboxylic acids is 1. The summed E-state index contributed by atoms with van der Waals surface area (Å²) in [6.07, 6.45) is 2.47. The van der Waals surface area contributed by atoms with Crippen LogP contribution in [0.2, 0.25) is 0 Å². The highest BCUT2D eigenvalue weighted by Gasteiger charge is 2.09. The van der Waals surface area contributed by atoms with Crippen LogP contribution in [-0.2, 0) is 0 Å². The van der Waals surface area contributed by atoms with Crippen LogP contribution in [0.3, 0.4) is 0 Å². The number of hydrogen-bond acceptors (Lipinski definition) is 3. The minimum Gasteiger partial charge on any atom is -0.478 e. The summed E-state index contributed by atoms with van der Waals surface area (Å²) in [5, 5.41) is 21.2. The van der Waals surface area contributed by atoms with E-state index in [-0.39, 0.29) is 11.1 Å². The minimum atomic E-state index is -1.10. The van der Waals surface area contributed by atoms with Crippen molar-refractivity contribution in [2.24, 2.45) is 0 Å². The molecule has 1 heterocycles. The Kier molecular flexibility index (Phi) is 2.58. The maximum Gasteiger partial charge on any atom is 0.338 e. The van der Waals surface area contributed by atoms with E-state index in [0.717, 1.165) is 6.07 Å². The number of hydrogen-bond donors (Lipinski definition) is 1. The molecule has 0 saturated carbocycles. The maximum absolute atomic E-state index is 13.1. The summed E-state index contributed by atoms with van der Waals surface area (Å²) in [5.41, 5.74) is 0.332. The van der Waals surface area contributed by atoms with Crippen LogP contribution in [0.1, 0.15) is 15.9 Å². The fourth-order valence-corrected chi connectivity index (χ4v) is 1.32. The van der Waals surface area contributed by atoms with Crippen molar-refractivity contribution in [3.63, 3.8) is 0 Å². The molecule has 0 aliphatic heterocycles. The zero-order chi connectivity index (χ0) is 12.4. The van der Waals surface area contributed by atoms with Gasteiger partial charge in [-0.3, -0.25) is 0 Å². The van der Waals surface area contributed by atoms with Crippen LogP contribution < -0.4 is 0 Å². The molecule has 0 atom stereocenters. The molecule has 17 heavy (non-hydrogen) atoms. The van der Waals surface area contributed by atoms with Gasteiger partial charge in [0.25, 0.3) is 0 Å². The van der Waals surface area contributed by atoms with Crippen LogP contribution in [0.25, 0.3) is 5.69 Å². The highest BCUT2D eigenvalue weighted by atomic mass is 19.1. The van der Waals surface area contributed by atoms with Gasteiger partial charge in [-0.15, -0.1) is 0 Å². The van der Waals surface area contributed by atoms with Crippen LogP contribution in [-0.4, -0.2) is 20.9 Å². The lowest BCUT2D eigenvalue weighted by atomic mass is 10.2. The van der Waals surface area contributed by atoms with Crippen LogP contribution in [0, 0.1) is 17.1 Å². The van der Waals surface area contributed by atoms with E-state index in [1.54, 1.807) is 6.07 Å². The first-order chi connectivity index (χ1) is 8.11. The fourth-order valence-electron chi connectivity index (χ4n) is 1.32. The Morgan fingerprint density at radius 2 is 2.29 bits per heavy atom. The van der Waals surface area contributed by atoms with Gasteiger partial charge in [0.15, 0.2) is 0 Å². The second-order valence-electron chi connectivity index (χ2n) is 3.25. The third-order valence-corrected chi connectivity index (χ3v) is 2.16. The molecule has 0 bridgehead atoms. The van der Waals surface area contributed by atoms with Crippen LogP contribution in [0.5, 0.6) is 0 Å². The first-order valence-electron chi connectivity index (χ1n) is 4.60. The lowest BCUT2D eigenvalue weighted by Crippen LogP contribution is -1.97. The van der Waals surface area contributed by atoms with Gasteiger partial charge in [0, 0.05) is 6.20 Å². The van der Waals surface area contributed by atoms with Crippen molar-refractivity contribution in [2.45, 2.75) is 0 Å². The smallest absolute Gasteiger partial charge is 0.338 e. The average molecular weight is 231 g/mol. The Labute approximate surface area is 95.3 Å². The molecular formula is C11H6FN3O2. The minimum absolute atomic E-state index is 0.0211. The Balaban J connectivity index is 2.46. The van der Waals surface area contributed by atoms with E-state index in [1.807, 2.05) is 0 Å². The molecule has 5 nitrogen and oxygen atoms in total. The van der Waals surface area contributed by atoms with Crippen LogP contribution >= 0.6 is 0 Å². The summed E-state index contributed by atoms with van der Waals surface area (Å²) in [6, 6.07) is 5.55. The molecule has 0 aliphatic rings. The molecule has 0 aliphatic carbocycles. The number of carboxylic acid groups (broad SMARTS) is 1. The third-order valence-electron chi connectivity index (χ3n) is 2.16. The average Bonchev–Trinajstić information content (AvgIpc) is 2.79. The lowest BCUT2D eigenvalue weighted by Gasteiger charge is -2.01. The Morgan fingerprint density at radius 1 is 1.53 bits per heavy atom. The van der Waals surface area contributed by atoms with E-state index < -0.39 is 11.8 Å². The van der Waals surface area contributed by atoms with Crippen molar-refractivity contribution in [1.82, 2.24) is 9.78 Å². The summed E-state index contributed by atoms with van der Waals surface area (Å²) in [6.45, 7) is 0. The van der Waals surface area contributed by atoms with Gasteiger partial charge >= 0.3 is 5.97 Å². The van der Waals surface area contributed by atoms with Crippen LogP contribution in [0.15, 0.2) is 30.6 Å². The maximum atomic E-state index is 13.1. The molecule has 0 saturated heterocycles. The SMILES string of the molecule is N#Cc1cc(-n2cc(C(=O)O)cn2)ccc1F. The second kappa shape index (κ2) is 4.06. The van der Waals surface area contributed by atoms with Gasteiger partial charge in [-0.05, 0) is 18.2 Å². The number of carbonyl (C=O) groups is 1. The van der Waals surface area contributed by atoms with Gasteiger partial charge in [-0.2, -0.15) is 10.4 Å². The molecule has 0 fully saturated rings. The number of benzene rings is 1. The van der Waals surface area contributed by atoms with E-state index in [1.165, 1.54) is 29.2 Å². The topological polar surface area (TPSA) is 78.9 Å². The van der Waals surface area contributed by atoms with Gasteiger partial charge in [0.1, 0.15) is 11.9 Å². The fraction of sp³-hybridized carbons (Fsp3) is 0. The Bertz CT molecular complexity index is 628. The standard InChI is InChI=1S/C11H6FN3O2/c12-10-2-1-9(3-7(10)4-13)15-6-8(5-14-15)11(16)17/h1-3,5-6H,(H,16,17). The summed E-state index contributed by atoms with van der Waals surface area (Å²) in [4.78, 5) is 10.7. The van der Waals surface area contributed by atoms with Crippen molar-refractivity contribution in [2.75, 3.05) is 0 Å². The molecule has 1 aromatic heterocycles. The van der Waals surface area contributed by atoms with E-state index in [4.69, 9.17) is 10.4 Å². The normalized spacial score (nSPS) is 9.88. The summed E-state index contributed by atoms with van der Waals surface area (Å²) in [5.74, 6) is -1.72. The quantitative estimate of drug-likeness (QED) is 0.850. The van der Waals surface area contributed by atoms with Gasteiger partial charge < -0.3 is 5.11 Å². The summed E-state index contributed by atoms with van der Waals surface area (Å²) >= 11 is 0. The Morgan fingerprint density at radius 3 is 2.88 bits per heavy atom. The molecule has 0 amide bonds. The predicted octanol–water partition coefficient (Wildman–Crippen LogP) is 1.58. The zero-order valence-electron chi connectivity index (χ0n) is 8.46. The molecule has 6 heteroatoms. The van der Waals surface area contributed by atoms with Crippen molar-refractivity contribution < 1.29 is 14.3 Å². The highest BCUT2D eigenvalue weighted by molar-refractivity contribution is 5.86. The molecule has 0 spiro atoms. The third kappa shape index (κ3) is 1.99. The monoisotopic (exact) mass is 231 g/mol. The summed E-state index contributed by atoms with van der Waals surface area (Å²) in [7, 11) is 0. The van der Waals surface area contributed by atoms with E-state index in [2.05, 4.69) is 5.10 Å². The van der Waals surface area contributed by atoms with E-state index >= 15 is 0 Å². The summed E-state index contributed by atoms with van der Waals surface area (Å²) < 4.78 is 14.3. The van der Waals surface area contributed by atoms with Gasteiger partial charge in [-0.1, -0.05) is 0 Å². The second-order valence-corrected chi connectivity index (χ2v) is 3.25. The lowest BCUT2D eigenvalue weighted by molar-refractivity contribution is 0.0697. The first kappa shape index (κ1) is 10.8. The number of aromatic nitrogens is 2. The van der Waals surface area contributed by atoms with Gasteiger partial charge in [0.05, 0.1) is 23.0 Å². The first-order valence-corrected chi connectivity index (χ1v) is 4.60.